The number of ether oxygens (including phenoxy) is 1. The molecule has 0 aromatic carbocycles. The van der Waals surface area contributed by atoms with E-state index in [0.717, 1.165) is 32.5 Å². The van der Waals surface area contributed by atoms with Crippen molar-refractivity contribution < 1.29 is 13.2 Å². The molecular formula is C15H31N3O3S. The smallest absolute Gasteiger partial charge is 0.279 e. The van der Waals surface area contributed by atoms with Crippen LogP contribution in [0.15, 0.2) is 0 Å². The highest BCUT2D eigenvalue weighted by atomic mass is 32.2. The third kappa shape index (κ3) is 5.77. The highest BCUT2D eigenvalue weighted by molar-refractivity contribution is 7.87. The van der Waals surface area contributed by atoms with E-state index >= 15 is 0 Å². The van der Waals surface area contributed by atoms with Crippen molar-refractivity contribution in [2.45, 2.75) is 38.5 Å². The van der Waals surface area contributed by atoms with Gasteiger partial charge in [-0.2, -0.15) is 12.7 Å². The van der Waals surface area contributed by atoms with Crippen molar-refractivity contribution in [3.05, 3.63) is 0 Å². The van der Waals surface area contributed by atoms with E-state index in [1.807, 2.05) is 0 Å². The van der Waals surface area contributed by atoms with Crippen LogP contribution in [-0.4, -0.2) is 70.6 Å². The summed E-state index contributed by atoms with van der Waals surface area (Å²) in [6, 6.07) is 0. The van der Waals surface area contributed by atoms with Crippen molar-refractivity contribution in [3.8, 4) is 0 Å². The van der Waals surface area contributed by atoms with Gasteiger partial charge in [0.1, 0.15) is 0 Å². The number of likely N-dealkylation sites (tertiary alicyclic amines) is 1. The molecule has 1 unspecified atom stereocenters. The van der Waals surface area contributed by atoms with Gasteiger partial charge in [-0.3, -0.25) is 0 Å². The molecule has 2 rings (SSSR count). The Kier molecular flexibility index (Phi) is 7.56. The molecule has 130 valence electrons. The highest BCUT2D eigenvalue weighted by Crippen LogP contribution is 2.18. The van der Waals surface area contributed by atoms with Gasteiger partial charge in [-0.05, 0) is 44.7 Å². The second kappa shape index (κ2) is 9.17. The van der Waals surface area contributed by atoms with E-state index in [9.17, 15) is 8.42 Å². The van der Waals surface area contributed by atoms with Crippen LogP contribution in [0.2, 0.25) is 0 Å². The van der Waals surface area contributed by atoms with Gasteiger partial charge in [0.2, 0.25) is 0 Å². The van der Waals surface area contributed by atoms with E-state index in [2.05, 4.69) is 9.62 Å². The average Bonchev–Trinajstić information content (AvgIpc) is 2.77. The highest BCUT2D eigenvalue weighted by Gasteiger charge is 2.28. The van der Waals surface area contributed by atoms with Crippen LogP contribution >= 0.6 is 0 Å². The topological polar surface area (TPSA) is 61.9 Å². The fraction of sp³-hybridized carbons (Fsp3) is 1.00. The van der Waals surface area contributed by atoms with Gasteiger partial charge in [0.25, 0.3) is 10.2 Å². The molecular weight excluding hydrogens is 302 g/mol. The van der Waals surface area contributed by atoms with Gasteiger partial charge in [-0.1, -0.05) is 12.8 Å². The molecule has 7 heteroatoms. The fourth-order valence-electron chi connectivity index (χ4n) is 3.40. The molecule has 0 aromatic heterocycles. The van der Waals surface area contributed by atoms with E-state index in [1.165, 1.54) is 25.7 Å². The maximum absolute atomic E-state index is 12.4. The van der Waals surface area contributed by atoms with E-state index in [1.54, 1.807) is 11.4 Å². The van der Waals surface area contributed by atoms with Crippen LogP contribution in [0.3, 0.4) is 0 Å². The van der Waals surface area contributed by atoms with Gasteiger partial charge in [0, 0.05) is 33.3 Å². The number of rotatable bonds is 7. The Hall–Kier alpha value is -0.210. The van der Waals surface area contributed by atoms with Crippen LogP contribution in [0, 0.1) is 5.92 Å². The molecule has 0 aromatic rings. The van der Waals surface area contributed by atoms with E-state index in [0.29, 0.717) is 32.2 Å². The monoisotopic (exact) mass is 333 g/mol. The minimum absolute atomic E-state index is 0.320. The van der Waals surface area contributed by atoms with Crippen LogP contribution in [-0.2, 0) is 14.9 Å². The van der Waals surface area contributed by atoms with E-state index < -0.39 is 10.2 Å². The minimum Gasteiger partial charge on any atom is -0.384 e. The zero-order valence-electron chi connectivity index (χ0n) is 13.8. The molecule has 0 spiro atoms. The first-order valence-corrected chi connectivity index (χ1v) is 10.0. The summed E-state index contributed by atoms with van der Waals surface area (Å²) in [7, 11) is -1.67. The van der Waals surface area contributed by atoms with Crippen LogP contribution < -0.4 is 4.72 Å². The zero-order chi connectivity index (χ0) is 15.8. The van der Waals surface area contributed by atoms with Crippen molar-refractivity contribution in [1.29, 1.82) is 0 Å². The summed E-state index contributed by atoms with van der Waals surface area (Å²) in [5, 5.41) is 0. The van der Waals surface area contributed by atoms with E-state index in [4.69, 9.17) is 4.74 Å². The number of methoxy groups -OCH3 is 1. The summed E-state index contributed by atoms with van der Waals surface area (Å²) in [4.78, 5) is 2.37. The molecule has 0 amide bonds. The number of hydrogen-bond donors (Lipinski definition) is 1. The summed E-state index contributed by atoms with van der Waals surface area (Å²) in [5.74, 6) is 0.320. The molecule has 2 fully saturated rings. The summed E-state index contributed by atoms with van der Waals surface area (Å²) in [5.41, 5.74) is 0. The van der Waals surface area contributed by atoms with Crippen molar-refractivity contribution in [1.82, 2.24) is 13.9 Å². The van der Waals surface area contributed by atoms with E-state index in [-0.39, 0.29) is 0 Å². The second-order valence-electron chi connectivity index (χ2n) is 6.48. The molecule has 2 aliphatic heterocycles. The lowest BCUT2D eigenvalue weighted by Crippen LogP contribution is -2.48. The lowest BCUT2D eigenvalue weighted by atomic mass is 10.0. The first kappa shape index (κ1) is 18.1. The predicted octanol–water partition coefficient (Wildman–Crippen LogP) is 1.06. The maximum Gasteiger partial charge on any atom is 0.279 e. The SMILES string of the molecule is COCC1CCCN(S(=O)(=O)NCCN2CCCCCC2)C1. The molecule has 0 aliphatic carbocycles. The lowest BCUT2D eigenvalue weighted by Gasteiger charge is -2.31. The number of nitrogens with one attached hydrogen (secondary N) is 1. The van der Waals surface area contributed by atoms with Crippen molar-refractivity contribution in [2.75, 3.05) is 53.0 Å². The molecule has 2 heterocycles. The van der Waals surface area contributed by atoms with Crippen molar-refractivity contribution in [2.24, 2.45) is 5.92 Å². The Bertz CT molecular complexity index is 406. The van der Waals surface area contributed by atoms with Crippen molar-refractivity contribution in [3.63, 3.8) is 0 Å². The zero-order valence-corrected chi connectivity index (χ0v) is 14.6. The molecule has 2 aliphatic rings. The predicted molar refractivity (Wildman–Crippen MR) is 88.0 cm³/mol. The first-order valence-electron chi connectivity index (χ1n) is 8.58. The van der Waals surface area contributed by atoms with Crippen molar-refractivity contribution >= 4 is 10.2 Å². The maximum atomic E-state index is 12.4. The van der Waals surface area contributed by atoms with Gasteiger partial charge >= 0.3 is 0 Å². The Morgan fingerprint density at radius 3 is 2.50 bits per heavy atom. The Labute approximate surface area is 135 Å². The number of nitrogens with zero attached hydrogens (tertiary/aromatic N) is 2. The second-order valence-corrected chi connectivity index (χ2v) is 8.23. The van der Waals surface area contributed by atoms with Crippen LogP contribution in [0.4, 0.5) is 0 Å². The third-order valence-corrected chi connectivity index (χ3v) is 6.22. The molecule has 1 atom stereocenters. The van der Waals surface area contributed by atoms with Gasteiger partial charge in [-0.15, -0.1) is 0 Å². The summed E-state index contributed by atoms with van der Waals surface area (Å²) in [6.45, 7) is 5.36. The summed E-state index contributed by atoms with van der Waals surface area (Å²) >= 11 is 0. The summed E-state index contributed by atoms with van der Waals surface area (Å²) in [6.07, 6.45) is 7.04. The molecule has 1 N–H and O–H groups in total. The van der Waals surface area contributed by atoms with Crippen LogP contribution in [0.1, 0.15) is 38.5 Å². The molecule has 2 saturated heterocycles. The molecule has 0 saturated carbocycles. The Balaban J connectivity index is 1.75. The Morgan fingerprint density at radius 2 is 1.82 bits per heavy atom. The van der Waals surface area contributed by atoms with Crippen LogP contribution in [0.25, 0.3) is 0 Å². The number of piperidine rings is 1. The normalized spacial score (nSPS) is 26.0. The minimum atomic E-state index is -3.34. The largest absolute Gasteiger partial charge is 0.384 e. The van der Waals surface area contributed by atoms with Gasteiger partial charge in [-0.25, -0.2) is 4.72 Å². The fourth-order valence-corrected chi connectivity index (χ4v) is 4.71. The van der Waals surface area contributed by atoms with Gasteiger partial charge in [0.05, 0.1) is 6.61 Å². The van der Waals surface area contributed by atoms with Gasteiger partial charge in [0.15, 0.2) is 0 Å². The summed E-state index contributed by atoms with van der Waals surface area (Å²) < 4.78 is 34.3. The molecule has 6 nitrogen and oxygen atoms in total. The van der Waals surface area contributed by atoms with Gasteiger partial charge < -0.3 is 9.64 Å². The number of hydrogen-bond acceptors (Lipinski definition) is 4. The average molecular weight is 333 g/mol. The first-order chi connectivity index (χ1) is 10.6. The molecule has 0 bridgehead atoms. The molecule has 0 radical (unpaired) electrons. The molecule has 22 heavy (non-hydrogen) atoms. The lowest BCUT2D eigenvalue weighted by molar-refractivity contribution is 0.118. The quantitative estimate of drug-likeness (QED) is 0.757. The van der Waals surface area contributed by atoms with Crippen LogP contribution in [0.5, 0.6) is 0 Å². The standard InChI is InChI=1S/C15H31N3O3S/c1-21-14-15-7-6-11-18(13-15)22(19,20)16-8-12-17-9-4-2-3-5-10-17/h15-16H,2-14H2,1H3. The Morgan fingerprint density at radius 1 is 1.09 bits per heavy atom. The third-order valence-electron chi connectivity index (χ3n) is 4.64.